The average Bonchev–Trinajstić information content (AvgIpc) is 3.04. The van der Waals surface area contributed by atoms with Gasteiger partial charge in [0, 0.05) is 16.9 Å². The minimum atomic E-state index is -3.47. The zero-order chi connectivity index (χ0) is 23.8. The van der Waals surface area contributed by atoms with Crippen LogP contribution in [0.5, 0.6) is 0 Å². The summed E-state index contributed by atoms with van der Waals surface area (Å²) in [4.78, 5) is 52.8. The van der Waals surface area contributed by atoms with Crippen LogP contribution in [0.25, 0.3) is 11.3 Å². The van der Waals surface area contributed by atoms with E-state index in [-0.39, 0.29) is 16.9 Å². The Morgan fingerprint density at radius 3 is 2.64 bits per heavy atom. The molecule has 3 aromatic rings. The van der Waals surface area contributed by atoms with Crippen LogP contribution in [-0.4, -0.2) is 51.4 Å². The van der Waals surface area contributed by atoms with E-state index in [1.807, 2.05) is 4.98 Å². The molecule has 0 saturated carbocycles. The summed E-state index contributed by atoms with van der Waals surface area (Å²) in [6.07, 6.45) is -1.87. The lowest BCUT2D eigenvalue weighted by atomic mass is 10.2. The lowest BCUT2D eigenvalue weighted by Gasteiger charge is -2.18. The molecule has 1 atom stereocenters. The summed E-state index contributed by atoms with van der Waals surface area (Å²) in [6, 6.07) is 7.08. The van der Waals surface area contributed by atoms with Crippen molar-refractivity contribution in [2.75, 3.05) is 23.3 Å². The van der Waals surface area contributed by atoms with Crippen LogP contribution in [0.15, 0.2) is 50.9 Å². The Bertz CT molecular complexity index is 1370. The van der Waals surface area contributed by atoms with Crippen LogP contribution < -0.4 is 27.0 Å². The van der Waals surface area contributed by atoms with Crippen LogP contribution in [-0.2, 0) is 4.74 Å². The lowest BCUT2D eigenvalue weighted by Crippen LogP contribution is -2.37. The van der Waals surface area contributed by atoms with Gasteiger partial charge in [-0.1, -0.05) is 11.6 Å². The minimum absolute atomic E-state index is 0.0599. The number of carbonyl (C=O) groups is 1. The molecule has 4 rings (SSSR count). The molecule has 0 radical (unpaired) electrons. The van der Waals surface area contributed by atoms with Crippen molar-refractivity contribution in [3.05, 3.63) is 72.7 Å². The summed E-state index contributed by atoms with van der Waals surface area (Å²) in [6.45, 7) is -1.41. The molecule has 1 unspecified atom stereocenters. The summed E-state index contributed by atoms with van der Waals surface area (Å²) in [5.41, 5.74) is -2.39. The van der Waals surface area contributed by atoms with E-state index >= 15 is 0 Å². The van der Waals surface area contributed by atoms with Crippen molar-refractivity contribution in [3.8, 4) is 11.3 Å². The van der Waals surface area contributed by atoms with E-state index in [2.05, 4.69) is 20.5 Å². The minimum Gasteiger partial charge on any atom is -0.438 e. The molecule has 1 saturated heterocycles. The maximum atomic E-state index is 14.6. The van der Waals surface area contributed by atoms with Gasteiger partial charge in [-0.3, -0.25) is 19.9 Å². The molecular formula is C19H15ClF2N6O5. The monoisotopic (exact) mass is 480 g/mol. The van der Waals surface area contributed by atoms with Gasteiger partial charge >= 0.3 is 17.7 Å². The summed E-state index contributed by atoms with van der Waals surface area (Å²) < 4.78 is 34.0. The second-order valence-electron chi connectivity index (χ2n) is 7.12. The topological polar surface area (TPSA) is 153 Å². The highest BCUT2D eigenvalue weighted by Crippen LogP contribution is 2.33. The predicted molar refractivity (Wildman–Crippen MR) is 114 cm³/mol. The molecule has 2 aromatic heterocycles. The van der Waals surface area contributed by atoms with Gasteiger partial charge in [0.1, 0.15) is 5.69 Å². The fourth-order valence-corrected chi connectivity index (χ4v) is 3.37. The summed E-state index contributed by atoms with van der Waals surface area (Å²) in [5.74, 6) is -3.47. The summed E-state index contributed by atoms with van der Waals surface area (Å²) in [7, 11) is 0. The number of anilines is 2. The number of ether oxygens (including phenoxy) is 1. The van der Waals surface area contributed by atoms with E-state index in [1.165, 1.54) is 24.3 Å². The number of hydrogen-bond donors (Lipinski definition) is 4. The SMILES string of the molecule is O=C(Nc1ccc(Cl)cc1)OC1CN(c2cc(-c3c[nH]c(=O)[nH]c3=O)n[nH]c2=O)CC1(F)F. The van der Waals surface area contributed by atoms with Crippen molar-refractivity contribution in [2.24, 2.45) is 0 Å². The first-order valence-corrected chi connectivity index (χ1v) is 9.78. The van der Waals surface area contributed by atoms with Crippen LogP contribution in [0.1, 0.15) is 0 Å². The molecular weight excluding hydrogens is 466 g/mol. The summed E-state index contributed by atoms with van der Waals surface area (Å²) >= 11 is 5.76. The Hall–Kier alpha value is -4.00. The maximum Gasteiger partial charge on any atom is 0.412 e. The van der Waals surface area contributed by atoms with Crippen LogP contribution in [0, 0.1) is 0 Å². The molecule has 3 heterocycles. The van der Waals surface area contributed by atoms with Crippen molar-refractivity contribution in [1.29, 1.82) is 0 Å². The van der Waals surface area contributed by atoms with Crippen molar-refractivity contribution in [1.82, 2.24) is 20.2 Å². The Morgan fingerprint density at radius 1 is 1.21 bits per heavy atom. The molecule has 1 aliphatic heterocycles. The fourth-order valence-electron chi connectivity index (χ4n) is 3.24. The molecule has 1 amide bonds. The third kappa shape index (κ3) is 4.77. The van der Waals surface area contributed by atoms with Crippen LogP contribution in [0.4, 0.5) is 25.0 Å². The van der Waals surface area contributed by atoms with Gasteiger partial charge < -0.3 is 14.6 Å². The van der Waals surface area contributed by atoms with E-state index in [9.17, 15) is 28.0 Å². The molecule has 33 heavy (non-hydrogen) atoms. The molecule has 4 N–H and O–H groups in total. The first-order chi connectivity index (χ1) is 15.6. The zero-order valence-corrected chi connectivity index (χ0v) is 17.3. The first-order valence-electron chi connectivity index (χ1n) is 9.40. The molecule has 1 fully saturated rings. The maximum absolute atomic E-state index is 14.6. The molecule has 14 heteroatoms. The Balaban J connectivity index is 1.54. The van der Waals surface area contributed by atoms with Gasteiger partial charge in [-0.05, 0) is 30.3 Å². The highest BCUT2D eigenvalue weighted by atomic mass is 35.5. The largest absolute Gasteiger partial charge is 0.438 e. The number of amides is 1. The molecule has 0 aliphatic carbocycles. The van der Waals surface area contributed by atoms with Crippen LogP contribution in [0.2, 0.25) is 5.02 Å². The van der Waals surface area contributed by atoms with Crippen molar-refractivity contribution >= 4 is 29.1 Å². The van der Waals surface area contributed by atoms with Crippen LogP contribution in [0.3, 0.4) is 0 Å². The van der Waals surface area contributed by atoms with Gasteiger partial charge in [0.15, 0.2) is 6.10 Å². The molecule has 172 valence electrons. The normalized spacial score (nSPS) is 17.1. The fraction of sp³-hybridized carbons (Fsp3) is 0.211. The number of aromatic nitrogens is 4. The molecule has 1 aliphatic rings. The van der Waals surface area contributed by atoms with Gasteiger partial charge in [0.2, 0.25) is 0 Å². The Morgan fingerprint density at radius 2 is 1.94 bits per heavy atom. The third-order valence-electron chi connectivity index (χ3n) is 4.82. The molecule has 1 aromatic carbocycles. The van der Waals surface area contributed by atoms with Gasteiger partial charge in [-0.25, -0.2) is 23.5 Å². The second kappa shape index (κ2) is 8.50. The van der Waals surface area contributed by atoms with E-state index < -0.39 is 48.0 Å². The van der Waals surface area contributed by atoms with E-state index in [4.69, 9.17) is 16.3 Å². The number of H-pyrrole nitrogens is 3. The quantitative estimate of drug-likeness (QED) is 0.441. The predicted octanol–water partition coefficient (Wildman–Crippen LogP) is 1.54. The first kappa shape index (κ1) is 22.2. The number of nitrogens with zero attached hydrogens (tertiary/aromatic N) is 2. The number of nitrogens with one attached hydrogen (secondary N) is 4. The second-order valence-corrected chi connectivity index (χ2v) is 7.56. The van der Waals surface area contributed by atoms with Gasteiger partial charge in [-0.2, -0.15) is 5.10 Å². The van der Waals surface area contributed by atoms with Crippen molar-refractivity contribution < 1.29 is 18.3 Å². The average molecular weight is 481 g/mol. The number of benzene rings is 1. The Labute approximate surface area is 187 Å². The molecule has 0 bridgehead atoms. The number of alkyl halides is 2. The standard InChI is InChI=1S/C19H15ClF2N6O5/c20-9-1-3-10(4-2-9)24-18(32)33-14-7-28(8-19(14,21)22)13-5-12(26-27-16(13)30)11-6-23-17(31)25-15(11)29/h1-6,14H,7-8H2,(H,24,32)(H,27,30)(H2,23,25,29,31). The summed E-state index contributed by atoms with van der Waals surface area (Å²) in [5, 5.41) is 8.62. The van der Waals surface area contributed by atoms with E-state index in [0.717, 1.165) is 17.2 Å². The van der Waals surface area contributed by atoms with Crippen molar-refractivity contribution in [3.63, 3.8) is 0 Å². The van der Waals surface area contributed by atoms with Crippen molar-refractivity contribution in [2.45, 2.75) is 12.0 Å². The highest BCUT2D eigenvalue weighted by molar-refractivity contribution is 6.30. The van der Waals surface area contributed by atoms with E-state index in [1.54, 1.807) is 0 Å². The van der Waals surface area contributed by atoms with Crippen LogP contribution >= 0.6 is 11.6 Å². The number of rotatable bonds is 4. The zero-order valence-electron chi connectivity index (χ0n) is 16.5. The van der Waals surface area contributed by atoms with E-state index in [0.29, 0.717) is 10.7 Å². The van der Waals surface area contributed by atoms with Gasteiger partial charge in [0.05, 0.1) is 24.3 Å². The number of hydrogen-bond acceptors (Lipinski definition) is 7. The number of carbonyl (C=O) groups excluding carboxylic acids is 1. The third-order valence-corrected chi connectivity index (χ3v) is 5.07. The Kier molecular flexibility index (Phi) is 5.72. The molecule has 0 spiro atoms. The lowest BCUT2D eigenvalue weighted by molar-refractivity contribution is -0.0735. The smallest absolute Gasteiger partial charge is 0.412 e. The number of halogens is 3. The number of aromatic amines is 3. The van der Waals surface area contributed by atoms with Gasteiger partial charge in [-0.15, -0.1) is 0 Å². The molecule has 11 nitrogen and oxygen atoms in total. The van der Waals surface area contributed by atoms with Gasteiger partial charge in [0.25, 0.3) is 11.1 Å². The highest BCUT2D eigenvalue weighted by Gasteiger charge is 2.51.